The predicted molar refractivity (Wildman–Crippen MR) is 135 cm³/mol. The summed E-state index contributed by atoms with van der Waals surface area (Å²) < 4.78 is 6.07. The minimum atomic E-state index is -0.261. The van der Waals surface area contributed by atoms with Gasteiger partial charge in [-0.3, -0.25) is 4.79 Å². The molecule has 0 aliphatic heterocycles. The standard InChI is InChI=1S/C27H25ClN4O2/c1-4-25-29-15-13-23(32-25)21-6-5-14-30-27(21)34-24-16-19(9-12-22(24)28)26(33)31-20-10-7-18(8-11-20)17(2)3/h5-17H,4H2,1-3H3,(H,31,33). The summed E-state index contributed by atoms with van der Waals surface area (Å²) in [6.07, 6.45) is 4.06. The summed E-state index contributed by atoms with van der Waals surface area (Å²) in [6, 6.07) is 18.2. The fourth-order valence-corrected chi connectivity index (χ4v) is 3.52. The first-order chi connectivity index (χ1) is 16.4. The number of nitrogens with zero attached hydrogens (tertiary/aromatic N) is 3. The van der Waals surface area contributed by atoms with Crippen LogP contribution in [0.3, 0.4) is 0 Å². The van der Waals surface area contributed by atoms with E-state index in [1.54, 1.807) is 36.7 Å². The van der Waals surface area contributed by atoms with Crippen LogP contribution in [-0.2, 0) is 6.42 Å². The molecule has 1 amide bonds. The summed E-state index contributed by atoms with van der Waals surface area (Å²) in [7, 11) is 0. The van der Waals surface area contributed by atoms with Gasteiger partial charge in [0.2, 0.25) is 5.88 Å². The number of rotatable bonds is 7. The molecule has 6 nitrogen and oxygen atoms in total. The van der Waals surface area contributed by atoms with E-state index in [1.165, 1.54) is 5.56 Å². The molecule has 0 bridgehead atoms. The minimum absolute atomic E-state index is 0.261. The van der Waals surface area contributed by atoms with Gasteiger partial charge in [0.1, 0.15) is 11.6 Å². The minimum Gasteiger partial charge on any atom is -0.437 e. The number of halogens is 1. The molecule has 2 aromatic heterocycles. The van der Waals surface area contributed by atoms with Crippen LogP contribution in [0.1, 0.15) is 48.4 Å². The Labute approximate surface area is 204 Å². The quantitative estimate of drug-likeness (QED) is 0.316. The Balaban J connectivity index is 1.58. The van der Waals surface area contributed by atoms with Crippen LogP contribution in [0.4, 0.5) is 5.69 Å². The van der Waals surface area contributed by atoms with Crippen molar-refractivity contribution in [1.82, 2.24) is 15.0 Å². The highest BCUT2D eigenvalue weighted by atomic mass is 35.5. The SMILES string of the molecule is CCc1nccc(-c2cccnc2Oc2cc(C(=O)Nc3ccc(C(C)C)cc3)ccc2Cl)n1. The van der Waals surface area contributed by atoms with Crippen LogP contribution in [0.5, 0.6) is 11.6 Å². The summed E-state index contributed by atoms with van der Waals surface area (Å²) >= 11 is 6.39. The number of hydrogen-bond donors (Lipinski definition) is 1. The van der Waals surface area contributed by atoms with Gasteiger partial charge in [0.25, 0.3) is 5.91 Å². The van der Waals surface area contributed by atoms with Crippen molar-refractivity contribution in [2.24, 2.45) is 0 Å². The molecule has 0 saturated heterocycles. The maximum atomic E-state index is 12.9. The fourth-order valence-electron chi connectivity index (χ4n) is 3.37. The van der Waals surface area contributed by atoms with Crippen molar-refractivity contribution in [3.63, 3.8) is 0 Å². The first-order valence-electron chi connectivity index (χ1n) is 11.1. The molecule has 0 saturated carbocycles. The van der Waals surface area contributed by atoms with Gasteiger partial charge in [-0.25, -0.2) is 15.0 Å². The molecule has 0 aliphatic carbocycles. The third kappa shape index (κ3) is 5.41. The van der Waals surface area contributed by atoms with Gasteiger partial charge in [-0.05, 0) is 60.0 Å². The Bertz CT molecular complexity index is 1310. The highest BCUT2D eigenvalue weighted by Gasteiger charge is 2.15. The molecular formula is C27H25ClN4O2. The van der Waals surface area contributed by atoms with Gasteiger partial charge >= 0.3 is 0 Å². The Morgan fingerprint density at radius 2 is 1.82 bits per heavy atom. The molecule has 0 spiro atoms. The molecule has 2 aromatic carbocycles. The number of amides is 1. The Kier molecular flexibility index (Phi) is 7.18. The van der Waals surface area contributed by atoms with E-state index >= 15 is 0 Å². The lowest BCUT2D eigenvalue weighted by Gasteiger charge is -2.13. The van der Waals surface area contributed by atoms with Crippen molar-refractivity contribution in [2.75, 3.05) is 5.32 Å². The number of benzene rings is 2. The summed E-state index contributed by atoms with van der Waals surface area (Å²) in [6.45, 7) is 6.25. The lowest BCUT2D eigenvalue weighted by Crippen LogP contribution is -2.12. The molecule has 0 radical (unpaired) electrons. The Morgan fingerprint density at radius 3 is 2.56 bits per heavy atom. The van der Waals surface area contributed by atoms with E-state index < -0.39 is 0 Å². The molecule has 4 rings (SSSR count). The number of aryl methyl sites for hydroxylation is 1. The number of pyridine rings is 1. The summed E-state index contributed by atoms with van der Waals surface area (Å²) in [5.74, 6) is 1.56. The number of hydrogen-bond acceptors (Lipinski definition) is 5. The number of carbonyl (C=O) groups excluding carboxylic acids is 1. The zero-order chi connectivity index (χ0) is 24.1. The third-order valence-corrected chi connectivity index (χ3v) is 5.62. The second-order valence-electron chi connectivity index (χ2n) is 8.05. The number of nitrogens with one attached hydrogen (secondary N) is 1. The highest BCUT2D eigenvalue weighted by Crippen LogP contribution is 2.34. The van der Waals surface area contributed by atoms with Crippen molar-refractivity contribution >= 4 is 23.2 Å². The van der Waals surface area contributed by atoms with E-state index in [-0.39, 0.29) is 5.91 Å². The van der Waals surface area contributed by atoms with Crippen molar-refractivity contribution in [3.05, 3.63) is 95.0 Å². The second-order valence-corrected chi connectivity index (χ2v) is 8.45. The van der Waals surface area contributed by atoms with Crippen molar-refractivity contribution in [3.8, 4) is 22.9 Å². The van der Waals surface area contributed by atoms with Gasteiger partial charge in [0.15, 0.2) is 0 Å². The third-order valence-electron chi connectivity index (χ3n) is 5.30. The largest absolute Gasteiger partial charge is 0.437 e. The van der Waals surface area contributed by atoms with Crippen LogP contribution in [0, 0.1) is 0 Å². The summed E-state index contributed by atoms with van der Waals surface area (Å²) in [4.78, 5) is 26.1. The maximum Gasteiger partial charge on any atom is 0.255 e. The lowest BCUT2D eigenvalue weighted by molar-refractivity contribution is 0.102. The van der Waals surface area contributed by atoms with E-state index in [0.29, 0.717) is 51.5 Å². The normalized spacial score (nSPS) is 10.9. The topological polar surface area (TPSA) is 77.0 Å². The van der Waals surface area contributed by atoms with E-state index in [4.69, 9.17) is 16.3 Å². The number of ether oxygens (including phenoxy) is 1. The van der Waals surface area contributed by atoms with E-state index in [2.05, 4.69) is 34.1 Å². The van der Waals surface area contributed by atoms with Crippen molar-refractivity contribution in [2.45, 2.75) is 33.1 Å². The Hall–Kier alpha value is -3.77. The molecule has 0 atom stereocenters. The molecule has 0 aliphatic rings. The first-order valence-corrected chi connectivity index (χ1v) is 11.5. The van der Waals surface area contributed by atoms with Crippen LogP contribution in [0.15, 0.2) is 73.1 Å². The van der Waals surface area contributed by atoms with E-state index in [9.17, 15) is 4.79 Å². The van der Waals surface area contributed by atoms with Crippen LogP contribution >= 0.6 is 11.6 Å². The maximum absolute atomic E-state index is 12.9. The van der Waals surface area contributed by atoms with E-state index in [1.807, 2.05) is 43.3 Å². The predicted octanol–water partition coefficient (Wildman–Crippen LogP) is 6.92. The zero-order valence-electron chi connectivity index (χ0n) is 19.2. The first kappa shape index (κ1) is 23.4. The number of anilines is 1. The van der Waals surface area contributed by atoms with Crippen LogP contribution < -0.4 is 10.1 Å². The molecule has 1 N–H and O–H groups in total. The summed E-state index contributed by atoms with van der Waals surface area (Å²) in [5.41, 5.74) is 3.75. The Morgan fingerprint density at radius 1 is 1.03 bits per heavy atom. The van der Waals surface area contributed by atoms with Crippen LogP contribution in [0.2, 0.25) is 5.02 Å². The van der Waals surface area contributed by atoms with Gasteiger partial charge in [-0.15, -0.1) is 0 Å². The molecule has 4 aromatic rings. The van der Waals surface area contributed by atoms with Gasteiger partial charge in [0.05, 0.1) is 16.3 Å². The molecule has 7 heteroatoms. The number of aromatic nitrogens is 3. The zero-order valence-corrected chi connectivity index (χ0v) is 20.0. The molecule has 172 valence electrons. The molecular weight excluding hydrogens is 448 g/mol. The second kappa shape index (κ2) is 10.4. The molecule has 2 heterocycles. The smallest absolute Gasteiger partial charge is 0.255 e. The molecule has 34 heavy (non-hydrogen) atoms. The van der Waals surface area contributed by atoms with Gasteiger partial charge in [-0.2, -0.15) is 0 Å². The van der Waals surface area contributed by atoms with Crippen LogP contribution in [0.25, 0.3) is 11.3 Å². The average molecular weight is 473 g/mol. The van der Waals surface area contributed by atoms with Gasteiger partial charge in [-0.1, -0.05) is 44.5 Å². The van der Waals surface area contributed by atoms with E-state index in [0.717, 1.165) is 5.82 Å². The number of carbonyl (C=O) groups is 1. The van der Waals surface area contributed by atoms with Crippen molar-refractivity contribution < 1.29 is 9.53 Å². The van der Waals surface area contributed by atoms with Crippen molar-refractivity contribution in [1.29, 1.82) is 0 Å². The lowest BCUT2D eigenvalue weighted by atomic mass is 10.0. The highest BCUT2D eigenvalue weighted by molar-refractivity contribution is 6.32. The molecule has 0 fully saturated rings. The van der Waals surface area contributed by atoms with Gasteiger partial charge < -0.3 is 10.1 Å². The summed E-state index contributed by atoms with van der Waals surface area (Å²) in [5, 5.41) is 3.28. The molecule has 0 unspecified atom stereocenters. The van der Waals surface area contributed by atoms with Gasteiger partial charge in [0, 0.05) is 30.1 Å². The fraction of sp³-hybridized carbons (Fsp3) is 0.185. The van der Waals surface area contributed by atoms with Crippen LogP contribution in [-0.4, -0.2) is 20.9 Å². The average Bonchev–Trinajstić information content (AvgIpc) is 2.86. The monoisotopic (exact) mass is 472 g/mol.